The second-order valence-corrected chi connectivity index (χ2v) is 4.59. The number of carboxylic acid groups (broad SMARTS) is 1. The van der Waals surface area contributed by atoms with Crippen LogP contribution in [0.1, 0.15) is 10.4 Å². The van der Waals surface area contributed by atoms with Gasteiger partial charge < -0.3 is 10.2 Å². The summed E-state index contributed by atoms with van der Waals surface area (Å²) < 4.78 is 0. The molecule has 0 aliphatic heterocycles. The summed E-state index contributed by atoms with van der Waals surface area (Å²) in [5.74, 6) is -0.723. The topological polar surface area (TPSA) is 57.5 Å². The van der Waals surface area contributed by atoms with E-state index in [9.17, 15) is 15.0 Å². The van der Waals surface area contributed by atoms with Crippen LogP contribution >= 0.6 is 0 Å². The normalized spacial score (nSPS) is 10.6. The van der Waals surface area contributed by atoms with Gasteiger partial charge in [0, 0.05) is 0 Å². The van der Waals surface area contributed by atoms with Gasteiger partial charge in [-0.15, -0.1) is 0 Å². The van der Waals surface area contributed by atoms with Crippen molar-refractivity contribution in [3.63, 3.8) is 0 Å². The molecule has 0 radical (unpaired) electrons. The number of aromatic carboxylic acids is 1. The Hall–Kier alpha value is -2.81. The standard InChI is InChI=1S/C17H12O3/c18-14-8-6-11(7-9-14)13-5-4-12-2-1-3-15(17(19)20)16(12)10-13/h1-10,18H,(H,19,20). The zero-order chi connectivity index (χ0) is 14.1. The first-order valence-electron chi connectivity index (χ1n) is 6.20. The van der Waals surface area contributed by atoms with Crippen molar-refractivity contribution < 1.29 is 15.0 Å². The quantitative estimate of drug-likeness (QED) is 0.737. The van der Waals surface area contributed by atoms with Crippen LogP contribution in [-0.2, 0) is 0 Å². The van der Waals surface area contributed by atoms with E-state index in [-0.39, 0.29) is 5.75 Å². The van der Waals surface area contributed by atoms with Crippen LogP contribution in [0.2, 0.25) is 0 Å². The third-order valence-electron chi connectivity index (χ3n) is 3.31. The average molecular weight is 264 g/mol. The summed E-state index contributed by atoms with van der Waals surface area (Å²) >= 11 is 0. The second-order valence-electron chi connectivity index (χ2n) is 4.59. The molecule has 98 valence electrons. The van der Waals surface area contributed by atoms with Crippen LogP contribution in [0.15, 0.2) is 60.7 Å². The lowest BCUT2D eigenvalue weighted by Crippen LogP contribution is -1.97. The summed E-state index contributed by atoms with van der Waals surface area (Å²) in [5, 5.41) is 20.2. The van der Waals surface area contributed by atoms with Crippen molar-refractivity contribution in [1.29, 1.82) is 0 Å². The summed E-state index contributed by atoms with van der Waals surface area (Å²) in [6, 6.07) is 17.8. The van der Waals surface area contributed by atoms with Gasteiger partial charge in [0.25, 0.3) is 0 Å². The van der Waals surface area contributed by atoms with Crippen LogP contribution < -0.4 is 0 Å². The molecule has 0 spiro atoms. The number of carbonyl (C=O) groups is 1. The van der Waals surface area contributed by atoms with Crippen LogP contribution in [0.5, 0.6) is 5.75 Å². The molecule has 3 nitrogen and oxygen atoms in total. The summed E-state index contributed by atoms with van der Waals surface area (Å²) in [5.41, 5.74) is 2.15. The predicted molar refractivity (Wildman–Crippen MR) is 78.0 cm³/mol. The van der Waals surface area contributed by atoms with E-state index in [0.717, 1.165) is 16.5 Å². The summed E-state index contributed by atoms with van der Waals surface area (Å²) in [6.45, 7) is 0. The lowest BCUT2D eigenvalue weighted by atomic mass is 9.98. The Kier molecular flexibility index (Phi) is 2.88. The van der Waals surface area contributed by atoms with E-state index in [1.54, 1.807) is 36.4 Å². The first-order valence-corrected chi connectivity index (χ1v) is 6.20. The lowest BCUT2D eigenvalue weighted by molar-refractivity contribution is 0.0699. The average Bonchev–Trinajstić information content (AvgIpc) is 2.46. The number of rotatable bonds is 2. The largest absolute Gasteiger partial charge is 0.508 e. The zero-order valence-electron chi connectivity index (χ0n) is 10.6. The highest BCUT2D eigenvalue weighted by Gasteiger charge is 2.09. The maximum absolute atomic E-state index is 11.3. The molecule has 0 atom stereocenters. The smallest absolute Gasteiger partial charge is 0.336 e. The molecular weight excluding hydrogens is 252 g/mol. The number of carboxylic acids is 1. The Balaban J connectivity index is 2.21. The van der Waals surface area contributed by atoms with Crippen molar-refractivity contribution in [1.82, 2.24) is 0 Å². The minimum atomic E-state index is -0.932. The van der Waals surface area contributed by atoms with Crippen molar-refractivity contribution in [3.05, 3.63) is 66.2 Å². The van der Waals surface area contributed by atoms with Gasteiger partial charge in [0.15, 0.2) is 0 Å². The van der Waals surface area contributed by atoms with Gasteiger partial charge in [0.05, 0.1) is 5.56 Å². The molecular formula is C17H12O3. The number of aromatic hydroxyl groups is 1. The lowest BCUT2D eigenvalue weighted by Gasteiger charge is -2.07. The molecule has 0 aliphatic carbocycles. The summed E-state index contributed by atoms with van der Waals surface area (Å²) in [7, 11) is 0. The fourth-order valence-corrected chi connectivity index (χ4v) is 2.29. The van der Waals surface area contributed by atoms with Crippen LogP contribution in [0.25, 0.3) is 21.9 Å². The van der Waals surface area contributed by atoms with Crippen molar-refractivity contribution in [2.75, 3.05) is 0 Å². The molecule has 0 aromatic heterocycles. The number of phenols is 1. The van der Waals surface area contributed by atoms with Crippen molar-refractivity contribution in [3.8, 4) is 16.9 Å². The van der Waals surface area contributed by atoms with E-state index in [0.29, 0.717) is 10.9 Å². The molecule has 0 unspecified atom stereocenters. The highest BCUT2D eigenvalue weighted by Crippen LogP contribution is 2.27. The molecule has 0 amide bonds. The number of benzene rings is 3. The Bertz CT molecular complexity index is 789. The van der Waals surface area contributed by atoms with Gasteiger partial charge in [-0.3, -0.25) is 0 Å². The molecule has 0 saturated heterocycles. The van der Waals surface area contributed by atoms with Crippen LogP contribution in [0.4, 0.5) is 0 Å². The van der Waals surface area contributed by atoms with E-state index < -0.39 is 5.97 Å². The molecule has 0 fully saturated rings. The fourth-order valence-electron chi connectivity index (χ4n) is 2.29. The van der Waals surface area contributed by atoms with E-state index in [1.165, 1.54) is 0 Å². The Morgan fingerprint density at radius 3 is 2.25 bits per heavy atom. The number of hydrogen-bond acceptors (Lipinski definition) is 2. The van der Waals surface area contributed by atoms with E-state index in [2.05, 4.69) is 0 Å². The van der Waals surface area contributed by atoms with Crippen LogP contribution in [0.3, 0.4) is 0 Å². The van der Waals surface area contributed by atoms with Gasteiger partial charge in [-0.2, -0.15) is 0 Å². The van der Waals surface area contributed by atoms with Gasteiger partial charge in [0.1, 0.15) is 5.75 Å². The molecule has 3 rings (SSSR count). The summed E-state index contributed by atoms with van der Waals surface area (Å²) in [4.78, 5) is 11.3. The number of fused-ring (bicyclic) bond motifs is 1. The van der Waals surface area contributed by atoms with E-state index >= 15 is 0 Å². The van der Waals surface area contributed by atoms with E-state index in [4.69, 9.17) is 0 Å². The molecule has 2 N–H and O–H groups in total. The van der Waals surface area contributed by atoms with Crippen LogP contribution in [0, 0.1) is 0 Å². The van der Waals surface area contributed by atoms with Crippen molar-refractivity contribution in [2.24, 2.45) is 0 Å². The Morgan fingerprint density at radius 2 is 1.55 bits per heavy atom. The van der Waals surface area contributed by atoms with Crippen LogP contribution in [-0.4, -0.2) is 16.2 Å². The minimum absolute atomic E-state index is 0.209. The zero-order valence-corrected chi connectivity index (χ0v) is 10.6. The van der Waals surface area contributed by atoms with Gasteiger partial charge in [-0.05, 0) is 46.2 Å². The first-order chi connectivity index (χ1) is 9.65. The third kappa shape index (κ3) is 2.10. The van der Waals surface area contributed by atoms with Crippen molar-refractivity contribution in [2.45, 2.75) is 0 Å². The summed E-state index contributed by atoms with van der Waals surface area (Å²) in [6.07, 6.45) is 0. The maximum Gasteiger partial charge on any atom is 0.336 e. The van der Waals surface area contributed by atoms with E-state index in [1.807, 2.05) is 24.3 Å². The molecule has 0 saturated carbocycles. The molecule has 3 aromatic carbocycles. The Labute approximate surface area is 115 Å². The number of hydrogen-bond donors (Lipinski definition) is 2. The first kappa shape index (κ1) is 12.2. The highest BCUT2D eigenvalue weighted by atomic mass is 16.4. The van der Waals surface area contributed by atoms with Gasteiger partial charge in [0.2, 0.25) is 0 Å². The molecule has 3 heteroatoms. The maximum atomic E-state index is 11.3. The third-order valence-corrected chi connectivity index (χ3v) is 3.31. The fraction of sp³-hybridized carbons (Fsp3) is 0. The van der Waals surface area contributed by atoms with Gasteiger partial charge >= 0.3 is 5.97 Å². The molecule has 20 heavy (non-hydrogen) atoms. The number of phenolic OH excluding ortho intramolecular Hbond substituents is 1. The minimum Gasteiger partial charge on any atom is -0.508 e. The highest BCUT2D eigenvalue weighted by molar-refractivity contribution is 6.04. The molecule has 3 aromatic rings. The SMILES string of the molecule is O=C(O)c1cccc2ccc(-c3ccc(O)cc3)cc12. The van der Waals surface area contributed by atoms with Gasteiger partial charge in [-0.25, -0.2) is 4.79 Å². The predicted octanol–water partition coefficient (Wildman–Crippen LogP) is 3.91. The second kappa shape index (κ2) is 4.70. The molecule has 0 bridgehead atoms. The van der Waals surface area contributed by atoms with Gasteiger partial charge in [-0.1, -0.05) is 36.4 Å². The monoisotopic (exact) mass is 264 g/mol. The Morgan fingerprint density at radius 1 is 0.850 bits per heavy atom. The van der Waals surface area contributed by atoms with Crippen molar-refractivity contribution >= 4 is 16.7 Å². The molecule has 0 heterocycles. The molecule has 0 aliphatic rings.